The summed E-state index contributed by atoms with van der Waals surface area (Å²) in [5.41, 5.74) is 7.57. The Bertz CT molecular complexity index is 1900. The Morgan fingerprint density at radius 2 is 1.63 bits per heavy atom. The maximum atomic E-state index is 12.5. The summed E-state index contributed by atoms with van der Waals surface area (Å²) in [6, 6.07) is 28.1. The van der Waals surface area contributed by atoms with Crippen LogP contribution in [0.3, 0.4) is 0 Å². The number of rotatable bonds is 10. The fourth-order valence-corrected chi connectivity index (χ4v) is 6.90. The number of amides is 1. The lowest BCUT2D eigenvalue weighted by Crippen LogP contribution is -2.50. The van der Waals surface area contributed by atoms with Crippen molar-refractivity contribution in [2.45, 2.75) is 32.2 Å². The van der Waals surface area contributed by atoms with E-state index in [4.69, 9.17) is 4.98 Å². The number of nitrogens with zero attached hydrogens (tertiary/aromatic N) is 7. The van der Waals surface area contributed by atoms with Gasteiger partial charge in [-0.3, -0.25) is 4.79 Å². The maximum Gasteiger partial charge on any atom is 0.236 e. The molecule has 3 aromatic heterocycles. The van der Waals surface area contributed by atoms with E-state index >= 15 is 0 Å². The lowest BCUT2D eigenvalue weighted by atomic mass is 9.99. The monoisotopic (exact) mass is 653 g/mol. The topological polar surface area (TPSA) is 105 Å². The van der Waals surface area contributed by atoms with Crippen LogP contribution < -0.4 is 20.4 Å². The highest BCUT2D eigenvalue weighted by Crippen LogP contribution is 2.33. The Morgan fingerprint density at radius 3 is 2.33 bits per heavy atom. The van der Waals surface area contributed by atoms with Gasteiger partial charge in [0.25, 0.3) is 0 Å². The number of pyridine rings is 2. The molecule has 0 bridgehead atoms. The maximum absolute atomic E-state index is 12.5. The van der Waals surface area contributed by atoms with Crippen LogP contribution in [0.1, 0.15) is 31.7 Å². The summed E-state index contributed by atoms with van der Waals surface area (Å²) in [6.07, 6.45) is 8.66. The number of benzene rings is 2. The highest BCUT2D eigenvalue weighted by atomic mass is 16.2. The number of para-hydroxylation sites is 1. The molecule has 2 fully saturated rings. The molecule has 0 radical (unpaired) electrons. The first-order chi connectivity index (χ1) is 24.1. The first kappa shape index (κ1) is 32.2. The molecule has 0 aliphatic carbocycles. The van der Waals surface area contributed by atoms with Crippen LogP contribution in [0.2, 0.25) is 0 Å². The second-order valence-corrected chi connectivity index (χ2v) is 12.9. The summed E-state index contributed by atoms with van der Waals surface area (Å²) in [5.74, 6) is 1.14. The Labute approximate surface area is 288 Å². The van der Waals surface area contributed by atoms with Gasteiger partial charge in [-0.2, -0.15) is 10.4 Å². The van der Waals surface area contributed by atoms with Gasteiger partial charge >= 0.3 is 0 Å². The highest BCUT2D eigenvalue weighted by Gasteiger charge is 2.22. The van der Waals surface area contributed by atoms with E-state index in [1.54, 1.807) is 10.7 Å². The third-order valence-electron chi connectivity index (χ3n) is 9.66. The van der Waals surface area contributed by atoms with E-state index < -0.39 is 0 Å². The van der Waals surface area contributed by atoms with E-state index in [-0.39, 0.29) is 5.91 Å². The number of aromatic nitrogens is 3. The molecule has 5 heterocycles. The van der Waals surface area contributed by atoms with Crippen LogP contribution in [0.5, 0.6) is 0 Å². The van der Waals surface area contributed by atoms with Crippen LogP contribution >= 0.6 is 0 Å². The lowest BCUT2D eigenvalue weighted by Gasteiger charge is -2.36. The van der Waals surface area contributed by atoms with Crippen molar-refractivity contribution in [3.05, 3.63) is 97.0 Å². The molecule has 7 rings (SSSR count). The summed E-state index contributed by atoms with van der Waals surface area (Å²) < 4.78 is 1.81. The Kier molecular flexibility index (Phi) is 9.71. The molecule has 2 saturated heterocycles. The number of nitriles is 1. The summed E-state index contributed by atoms with van der Waals surface area (Å²) in [5, 5.41) is 21.3. The van der Waals surface area contributed by atoms with Gasteiger partial charge in [0.15, 0.2) is 0 Å². The minimum absolute atomic E-state index is 0.175. The van der Waals surface area contributed by atoms with Crippen molar-refractivity contribution >= 4 is 28.6 Å². The van der Waals surface area contributed by atoms with Gasteiger partial charge in [0.1, 0.15) is 11.9 Å². The zero-order valence-corrected chi connectivity index (χ0v) is 28.1. The van der Waals surface area contributed by atoms with Crippen LogP contribution in [0.25, 0.3) is 27.8 Å². The minimum atomic E-state index is 0.175. The predicted molar refractivity (Wildman–Crippen MR) is 196 cm³/mol. The van der Waals surface area contributed by atoms with Crippen LogP contribution in [0.4, 0.5) is 17.2 Å². The van der Waals surface area contributed by atoms with E-state index in [0.29, 0.717) is 18.2 Å². The van der Waals surface area contributed by atoms with Crippen molar-refractivity contribution < 1.29 is 4.79 Å². The number of piperidine rings is 1. The normalized spacial score (nSPS) is 15.4. The van der Waals surface area contributed by atoms with Gasteiger partial charge in [-0.15, -0.1) is 0 Å². The molecule has 5 aromatic rings. The number of carbonyl (C=O) groups is 1. The standard InChI is InChI=1S/C39H43N9O/c1-2-16-41-27-38(49)47-21-19-45(20-22-47)35-11-8-29(9-12-35)31-23-36(39-32(24-40)26-43-48(39)28-31)30-10-13-37(42-25-30)46-17-14-34(15-18-46)44-33-6-4-3-5-7-33/h3-13,23,25-26,28,34,41,44H,2,14-22,27H2,1H3. The number of hydrogen-bond acceptors (Lipinski definition) is 8. The number of piperazine rings is 1. The van der Waals surface area contributed by atoms with Gasteiger partial charge in [0.2, 0.25) is 5.91 Å². The molecular formula is C39H43N9O. The molecule has 10 nitrogen and oxygen atoms in total. The van der Waals surface area contributed by atoms with Gasteiger partial charge in [0, 0.05) is 85.8 Å². The van der Waals surface area contributed by atoms with Gasteiger partial charge in [-0.05, 0) is 73.8 Å². The molecule has 0 atom stereocenters. The number of fused-ring (bicyclic) bond motifs is 1. The molecule has 49 heavy (non-hydrogen) atoms. The van der Waals surface area contributed by atoms with E-state index in [9.17, 15) is 10.1 Å². The zero-order valence-electron chi connectivity index (χ0n) is 28.1. The van der Waals surface area contributed by atoms with Gasteiger partial charge in [0.05, 0.1) is 23.8 Å². The van der Waals surface area contributed by atoms with Crippen molar-refractivity contribution in [3.63, 3.8) is 0 Å². The summed E-state index contributed by atoms with van der Waals surface area (Å²) in [6.45, 7) is 8.34. The van der Waals surface area contributed by atoms with Crippen molar-refractivity contribution in [2.75, 3.05) is 67.5 Å². The molecule has 2 aliphatic heterocycles. The smallest absolute Gasteiger partial charge is 0.236 e. The van der Waals surface area contributed by atoms with Gasteiger partial charge in [-0.25, -0.2) is 9.50 Å². The number of anilines is 3. The first-order valence-electron chi connectivity index (χ1n) is 17.4. The minimum Gasteiger partial charge on any atom is -0.382 e. The number of nitrogens with one attached hydrogen (secondary N) is 2. The van der Waals surface area contributed by atoms with Crippen LogP contribution in [-0.4, -0.2) is 83.8 Å². The molecule has 10 heteroatoms. The predicted octanol–water partition coefficient (Wildman–Crippen LogP) is 5.66. The third kappa shape index (κ3) is 7.22. The fraction of sp³-hybridized carbons (Fsp3) is 0.333. The third-order valence-corrected chi connectivity index (χ3v) is 9.66. The largest absolute Gasteiger partial charge is 0.382 e. The van der Waals surface area contributed by atoms with E-state index in [1.165, 1.54) is 5.69 Å². The van der Waals surface area contributed by atoms with Crippen molar-refractivity contribution in [2.24, 2.45) is 0 Å². The van der Waals surface area contributed by atoms with Crippen molar-refractivity contribution in [1.29, 1.82) is 5.26 Å². The van der Waals surface area contributed by atoms with Crippen molar-refractivity contribution in [3.8, 4) is 28.3 Å². The molecule has 250 valence electrons. The molecule has 2 aliphatic rings. The summed E-state index contributed by atoms with van der Waals surface area (Å²) in [7, 11) is 0. The molecule has 2 N–H and O–H groups in total. The summed E-state index contributed by atoms with van der Waals surface area (Å²) >= 11 is 0. The SMILES string of the molecule is CCCNCC(=O)N1CCN(c2ccc(-c3cc(-c4ccc(N5CCC(Nc6ccccc6)CC5)nc4)c4c(C#N)cnn4c3)cc2)CC1. The lowest BCUT2D eigenvalue weighted by molar-refractivity contribution is -0.130. The average molecular weight is 654 g/mol. The zero-order chi connectivity index (χ0) is 33.6. The highest BCUT2D eigenvalue weighted by molar-refractivity contribution is 5.88. The second-order valence-electron chi connectivity index (χ2n) is 12.9. The second kappa shape index (κ2) is 14.8. The molecule has 0 saturated carbocycles. The Hall–Kier alpha value is -5.40. The van der Waals surface area contributed by atoms with Gasteiger partial charge in [-0.1, -0.05) is 37.3 Å². The number of carbonyl (C=O) groups excluding carboxylic acids is 1. The molecule has 2 aromatic carbocycles. The van der Waals surface area contributed by atoms with Crippen LogP contribution in [0, 0.1) is 11.3 Å². The quantitative estimate of drug-likeness (QED) is 0.186. The molecule has 0 spiro atoms. The average Bonchev–Trinajstić information content (AvgIpc) is 3.59. The molecular weight excluding hydrogens is 610 g/mol. The Balaban J connectivity index is 1.05. The van der Waals surface area contributed by atoms with E-state index in [0.717, 1.165) is 104 Å². The summed E-state index contributed by atoms with van der Waals surface area (Å²) in [4.78, 5) is 24.1. The van der Waals surface area contributed by atoms with Crippen molar-refractivity contribution in [1.82, 2.24) is 24.8 Å². The van der Waals surface area contributed by atoms with Crippen LogP contribution in [-0.2, 0) is 4.79 Å². The van der Waals surface area contributed by atoms with Crippen LogP contribution in [0.15, 0.2) is 91.4 Å². The van der Waals surface area contributed by atoms with E-state index in [1.807, 2.05) is 23.4 Å². The van der Waals surface area contributed by atoms with Gasteiger partial charge < -0.3 is 25.3 Å². The Morgan fingerprint density at radius 1 is 0.878 bits per heavy atom. The molecule has 0 unspecified atom stereocenters. The fourth-order valence-electron chi connectivity index (χ4n) is 6.90. The molecule has 1 amide bonds. The first-order valence-corrected chi connectivity index (χ1v) is 17.4. The van der Waals surface area contributed by atoms with E-state index in [2.05, 4.69) is 105 Å². The number of hydrogen-bond donors (Lipinski definition) is 2.